The molecule has 1 aromatic heterocycles. The van der Waals surface area contributed by atoms with Crippen LogP contribution in [-0.2, 0) is 19.1 Å². The largest absolute Gasteiger partial charge is 0.497 e. The Morgan fingerprint density at radius 3 is 2.69 bits per heavy atom. The molecular weight excluding hydrogens is 464 g/mol. The number of nitrogens with zero attached hydrogens (tertiary/aromatic N) is 2. The number of rotatable bonds is 6. The van der Waals surface area contributed by atoms with Gasteiger partial charge < -0.3 is 14.2 Å². The number of thiazole rings is 1. The maximum atomic E-state index is 13.1. The molecule has 0 saturated heterocycles. The molecule has 8 heteroatoms. The van der Waals surface area contributed by atoms with Crippen LogP contribution in [0.25, 0.3) is 21.8 Å². The van der Waals surface area contributed by atoms with E-state index in [2.05, 4.69) is 4.99 Å². The fraction of sp³-hybridized carbons (Fsp3) is 0.259. The highest BCUT2D eigenvalue weighted by Gasteiger charge is 2.46. The number of benzene rings is 2. The average molecular weight is 489 g/mol. The van der Waals surface area contributed by atoms with Crippen LogP contribution in [0.3, 0.4) is 0 Å². The van der Waals surface area contributed by atoms with Crippen LogP contribution >= 0.6 is 11.3 Å². The first-order valence-corrected chi connectivity index (χ1v) is 12.2. The Morgan fingerprint density at radius 1 is 1.17 bits per heavy atom. The highest BCUT2D eigenvalue weighted by Crippen LogP contribution is 2.46. The highest BCUT2D eigenvalue weighted by atomic mass is 32.1. The summed E-state index contributed by atoms with van der Waals surface area (Å²) < 4.78 is 16.0. The third-order valence-electron chi connectivity index (χ3n) is 6.23. The third kappa shape index (κ3) is 4.14. The van der Waals surface area contributed by atoms with E-state index in [-0.39, 0.29) is 13.2 Å². The molecule has 2 aliphatic rings. The smallest absolute Gasteiger partial charge is 0.337 e. The number of carbonyl (C=O) groups excluding carboxylic acids is 2. The summed E-state index contributed by atoms with van der Waals surface area (Å²) in [6, 6.07) is 15.5. The van der Waals surface area contributed by atoms with Crippen molar-refractivity contribution in [1.82, 2.24) is 4.98 Å². The van der Waals surface area contributed by atoms with Gasteiger partial charge in [0.25, 0.3) is 0 Å². The van der Waals surface area contributed by atoms with Gasteiger partial charge >= 0.3 is 11.9 Å². The summed E-state index contributed by atoms with van der Waals surface area (Å²) in [5.74, 6) is -1.36. The first-order valence-electron chi connectivity index (χ1n) is 11.3. The van der Waals surface area contributed by atoms with Crippen molar-refractivity contribution in [3.63, 3.8) is 0 Å². The molecule has 2 aromatic carbocycles. The lowest BCUT2D eigenvalue weighted by atomic mass is 9.74. The summed E-state index contributed by atoms with van der Waals surface area (Å²) >= 11 is 1.51. The highest BCUT2D eigenvalue weighted by molar-refractivity contribution is 7.13. The number of ether oxygens (including phenoxy) is 3. The van der Waals surface area contributed by atoms with Crippen LogP contribution in [0.4, 0.5) is 0 Å². The van der Waals surface area contributed by atoms with Gasteiger partial charge in [-0.1, -0.05) is 24.3 Å². The van der Waals surface area contributed by atoms with Gasteiger partial charge in [0.2, 0.25) is 0 Å². The lowest BCUT2D eigenvalue weighted by Crippen LogP contribution is -2.35. The van der Waals surface area contributed by atoms with Gasteiger partial charge in [-0.25, -0.2) is 9.78 Å². The predicted molar refractivity (Wildman–Crippen MR) is 133 cm³/mol. The normalized spacial score (nSPS) is 19.2. The second kappa shape index (κ2) is 9.46. The molecule has 0 saturated carbocycles. The number of cyclic esters (lactones) is 1. The molecule has 35 heavy (non-hydrogen) atoms. The molecule has 0 spiro atoms. The number of aliphatic imine (C=N–C) groups is 1. The van der Waals surface area contributed by atoms with Crippen molar-refractivity contribution in [2.24, 2.45) is 10.9 Å². The van der Waals surface area contributed by atoms with E-state index >= 15 is 0 Å². The van der Waals surface area contributed by atoms with Gasteiger partial charge in [-0.15, -0.1) is 11.3 Å². The molecule has 178 valence electrons. The Bertz CT molecular complexity index is 1360. The van der Waals surface area contributed by atoms with Crippen LogP contribution in [0, 0.1) is 5.92 Å². The van der Waals surface area contributed by atoms with E-state index in [1.165, 1.54) is 11.3 Å². The molecule has 3 aromatic rings. The first kappa shape index (κ1) is 23.0. The fourth-order valence-electron chi connectivity index (χ4n) is 4.62. The van der Waals surface area contributed by atoms with Crippen molar-refractivity contribution in [3.05, 3.63) is 70.7 Å². The van der Waals surface area contributed by atoms with Crippen molar-refractivity contribution >= 4 is 29.0 Å². The maximum Gasteiger partial charge on any atom is 0.337 e. The number of carbonyl (C=O) groups is 2. The molecule has 5 rings (SSSR count). The number of hydrogen-bond acceptors (Lipinski definition) is 8. The number of methoxy groups -OCH3 is 1. The number of aromatic nitrogens is 1. The maximum absolute atomic E-state index is 13.1. The van der Waals surface area contributed by atoms with Crippen LogP contribution < -0.4 is 4.74 Å². The standard InChI is InChI=1S/C27H24N2O5S/c1-4-33-26(30)22-15(2)28-20-13-34-27(31)24(20)23(22)18-7-5-6-8-19(18)25-29-21(14-35-25)16-9-11-17(32-3)12-10-16/h5-12,14,22-23H,4,13H2,1-3H3. The summed E-state index contributed by atoms with van der Waals surface area (Å²) in [5.41, 5.74) is 5.10. The van der Waals surface area contributed by atoms with Gasteiger partial charge in [0, 0.05) is 28.1 Å². The Labute approximate surface area is 207 Å². The summed E-state index contributed by atoms with van der Waals surface area (Å²) in [6.07, 6.45) is 0. The van der Waals surface area contributed by atoms with Gasteiger partial charge in [-0.3, -0.25) is 9.79 Å². The van der Waals surface area contributed by atoms with Gasteiger partial charge in [0.15, 0.2) is 0 Å². The molecule has 0 amide bonds. The molecule has 7 nitrogen and oxygen atoms in total. The Morgan fingerprint density at radius 2 is 1.94 bits per heavy atom. The summed E-state index contributed by atoms with van der Waals surface area (Å²) in [6.45, 7) is 3.92. The minimum absolute atomic E-state index is 0.110. The molecule has 0 fully saturated rings. The van der Waals surface area contributed by atoms with Crippen LogP contribution in [0.5, 0.6) is 5.75 Å². The SMILES string of the molecule is CCOC(=O)C1C(C)=NC2=C(C(=O)OC2)C1c1ccccc1-c1nc(-c2ccc(OC)cc2)cs1. The third-order valence-corrected chi connectivity index (χ3v) is 7.11. The zero-order chi connectivity index (χ0) is 24.5. The van der Waals surface area contributed by atoms with E-state index in [4.69, 9.17) is 19.2 Å². The van der Waals surface area contributed by atoms with Crippen LogP contribution in [0.2, 0.25) is 0 Å². The summed E-state index contributed by atoms with van der Waals surface area (Å²) in [4.78, 5) is 35.3. The minimum atomic E-state index is -0.721. The van der Waals surface area contributed by atoms with Crippen LogP contribution in [0.15, 0.2) is 70.2 Å². The lowest BCUT2D eigenvalue weighted by Gasteiger charge is -2.30. The van der Waals surface area contributed by atoms with Crippen molar-refractivity contribution in [3.8, 4) is 27.6 Å². The monoisotopic (exact) mass is 488 g/mol. The molecule has 2 unspecified atom stereocenters. The second-order valence-corrected chi connectivity index (χ2v) is 9.11. The van der Waals surface area contributed by atoms with Crippen molar-refractivity contribution in [2.45, 2.75) is 19.8 Å². The van der Waals surface area contributed by atoms with E-state index in [1.807, 2.05) is 53.9 Å². The zero-order valence-corrected chi connectivity index (χ0v) is 20.4. The number of hydrogen-bond donors (Lipinski definition) is 0. The molecule has 2 atom stereocenters. The summed E-state index contributed by atoms with van der Waals surface area (Å²) in [7, 11) is 1.63. The Kier molecular flexibility index (Phi) is 6.21. The van der Waals surface area contributed by atoms with Crippen molar-refractivity contribution in [2.75, 3.05) is 20.3 Å². The fourth-order valence-corrected chi connectivity index (χ4v) is 5.50. The quantitative estimate of drug-likeness (QED) is 0.452. The van der Waals surface area contributed by atoms with E-state index in [0.717, 1.165) is 33.1 Å². The molecular formula is C27H24N2O5S. The molecule has 0 N–H and O–H groups in total. The molecule has 0 aliphatic carbocycles. The van der Waals surface area contributed by atoms with Crippen LogP contribution in [-0.4, -0.2) is 43.0 Å². The van der Waals surface area contributed by atoms with Gasteiger partial charge in [0.1, 0.15) is 23.3 Å². The molecule has 2 aliphatic heterocycles. The van der Waals surface area contributed by atoms with Crippen molar-refractivity contribution < 1.29 is 23.8 Å². The summed E-state index contributed by atoms with van der Waals surface area (Å²) in [5, 5.41) is 2.79. The van der Waals surface area contributed by atoms with E-state index in [1.54, 1.807) is 21.0 Å². The molecule has 0 radical (unpaired) electrons. The topological polar surface area (TPSA) is 87.1 Å². The Balaban J connectivity index is 1.60. The first-order chi connectivity index (χ1) is 17.0. The van der Waals surface area contributed by atoms with E-state index < -0.39 is 23.8 Å². The lowest BCUT2D eigenvalue weighted by molar-refractivity contribution is -0.146. The minimum Gasteiger partial charge on any atom is -0.497 e. The number of esters is 2. The average Bonchev–Trinajstić information content (AvgIpc) is 3.51. The van der Waals surface area contributed by atoms with Crippen LogP contribution in [0.1, 0.15) is 25.3 Å². The van der Waals surface area contributed by atoms with Gasteiger partial charge in [-0.2, -0.15) is 0 Å². The Hall–Kier alpha value is -3.78. The van der Waals surface area contributed by atoms with E-state index in [9.17, 15) is 9.59 Å². The molecule has 3 heterocycles. The van der Waals surface area contributed by atoms with Gasteiger partial charge in [-0.05, 0) is 43.7 Å². The zero-order valence-electron chi connectivity index (χ0n) is 19.6. The van der Waals surface area contributed by atoms with Crippen molar-refractivity contribution in [1.29, 1.82) is 0 Å². The second-order valence-electron chi connectivity index (χ2n) is 8.25. The van der Waals surface area contributed by atoms with E-state index in [0.29, 0.717) is 17.0 Å². The van der Waals surface area contributed by atoms with Gasteiger partial charge in [0.05, 0.1) is 30.7 Å². The molecule has 0 bridgehead atoms. The predicted octanol–water partition coefficient (Wildman–Crippen LogP) is 5.03.